The van der Waals surface area contributed by atoms with Crippen LogP contribution in [0.2, 0.25) is 0 Å². The van der Waals surface area contributed by atoms with Crippen molar-refractivity contribution in [2.24, 2.45) is 0 Å². The van der Waals surface area contributed by atoms with Gasteiger partial charge < -0.3 is 9.73 Å². The number of hydrogen-bond donors (Lipinski definition) is 2. The number of hydrogen-bond acceptors (Lipinski definition) is 4. The minimum Gasteiger partial charge on any atom is -0.462 e. The Morgan fingerprint density at radius 1 is 1.27 bits per heavy atom. The van der Waals surface area contributed by atoms with Gasteiger partial charge in [0.2, 0.25) is 0 Å². The summed E-state index contributed by atoms with van der Waals surface area (Å²) in [4.78, 5) is 16.3. The van der Waals surface area contributed by atoms with Crippen LogP contribution < -0.4 is 10.7 Å². The molecule has 0 aliphatic rings. The SMILES string of the molecule is N=c1c(C(=O)Nc2ccccn2)coc2c(Br)cc(Br)cc12. The van der Waals surface area contributed by atoms with Crippen LogP contribution >= 0.6 is 31.9 Å². The molecular weight excluding hydrogens is 414 g/mol. The Kier molecular flexibility index (Phi) is 4.08. The minimum absolute atomic E-state index is 0.0941. The first-order valence-electron chi connectivity index (χ1n) is 6.24. The van der Waals surface area contributed by atoms with E-state index in [-0.39, 0.29) is 10.9 Å². The van der Waals surface area contributed by atoms with Crippen LogP contribution in [0.15, 0.2) is 56.2 Å². The topological polar surface area (TPSA) is 79.0 Å². The summed E-state index contributed by atoms with van der Waals surface area (Å²) in [5.41, 5.74) is 0.658. The van der Waals surface area contributed by atoms with Crippen LogP contribution in [0.1, 0.15) is 10.4 Å². The largest absolute Gasteiger partial charge is 0.462 e. The van der Waals surface area contributed by atoms with Crippen molar-refractivity contribution in [2.45, 2.75) is 0 Å². The Hall–Kier alpha value is -1.99. The maximum Gasteiger partial charge on any atom is 0.262 e. The number of carbonyl (C=O) groups is 1. The number of halogens is 2. The number of nitrogens with one attached hydrogen (secondary N) is 2. The molecule has 0 saturated carbocycles. The number of benzene rings is 1. The molecule has 2 aromatic heterocycles. The summed E-state index contributed by atoms with van der Waals surface area (Å²) in [7, 11) is 0. The number of amides is 1. The first-order chi connectivity index (χ1) is 10.6. The summed E-state index contributed by atoms with van der Waals surface area (Å²) in [6, 6.07) is 8.75. The van der Waals surface area contributed by atoms with E-state index in [0.29, 0.717) is 21.3 Å². The van der Waals surface area contributed by atoms with E-state index in [9.17, 15) is 4.79 Å². The third kappa shape index (κ3) is 2.82. The summed E-state index contributed by atoms with van der Waals surface area (Å²) in [6.45, 7) is 0. The normalized spacial score (nSPS) is 10.6. The number of nitrogens with zero attached hydrogens (tertiary/aromatic N) is 1. The van der Waals surface area contributed by atoms with Gasteiger partial charge in [-0.1, -0.05) is 22.0 Å². The summed E-state index contributed by atoms with van der Waals surface area (Å²) in [5.74, 6) is -0.0205. The van der Waals surface area contributed by atoms with Gasteiger partial charge in [0.05, 0.1) is 9.83 Å². The van der Waals surface area contributed by atoms with Crippen LogP contribution in [0.5, 0.6) is 0 Å². The van der Waals surface area contributed by atoms with Gasteiger partial charge >= 0.3 is 0 Å². The molecule has 1 amide bonds. The summed E-state index contributed by atoms with van der Waals surface area (Å²) < 4.78 is 7.00. The van der Waals surface area contributed by atoms with Crippen molar-refractivity contribution in [3.8, 4) is 0 Å². The highest BCUT2D eigenvalue weighted by atomic mass is 79.9. The molecule has 110 valence electrons. The molecule has 0 radical (unpaired) electrons. The Bertz CT molecular complexity index is 923. The lowest BCUT2D eigenvalue weighted by atomic mass is 10.1. The van der Waals surface area contributed by atoms with E-state index < -0.39 is 5.91 Å². The Morgan fingerprint density at radius 2 is 2.09 bits per heavy atom. The second kappa shape index (κ2) is 6.02. The van der Waals surface area contributed by atoms with E-state index in [0.717, 1.165) is 4.47 Å². The zero-order valence-electron chi connectivity index (χ0n) is 11.1. The molecule has 0 atom stereocenters. The number of rotatable bonds is 2. The molecule has 0 aliphatic carbocycles. The number of fused-ring (bicyclic) bond motifs is 1. The molecule has 0 unspecified atom stereocenters. The highest BCUT2D eigenvalue weighted by Gasteiger charge is 2.14. The van der Waals surface area contributed by atoms with Gasteiger partial charge in [-0.25, -0.2) is 4.98 Å². The van der Waals surface area contributed by atoms with Crippen molar-refractivity contribution in [3.63, 3.8) is 0 Å². The fourth-order valence-corrected chi connectivity index (χ4v) is 3.29. The molecule has 2 heterocycles. The third-order valence-electron chi connectivity index (χ3n) is 2.99. The molecule has 22 heavy (non-hydrogen) atoms. The predicted octanol–water partition coefficient (Wildman–Crippen LogP) is 4.08. The summed E-state index contributed by atoms with van der Waals surface area (Å²) in [5, 5.41) is 11.5. The maximum absolute atomic E-state index is 12.3. The van der Waals surface area contributed by atoms with Crippen molar-refractivity contribution in [1.29, 1.82) is 5.41 Å². The minimum atomic E-state index is -0.439. The van der Waals surface area contributed by atoms with Gasteiger partial charge in [-0.3, -0.25) is 10.2 Å². The van der Waals surface area contributed by atoms with Crippen LogP contribution in [0.25, 0.3) is 11.0 Å². The van der Waals surface area contributed by atoms with Crippen LogP contribution in [-0.4, -0.2) is 10.9 Å². The second-order valence-electron chi connectivity index (χ2n) is 4.46. The molecule has 2 N–H and O–H groups in total. The summed E-state index contributed by atoms with van der Waals surface area (Å²) >= 11 is 6.75. The van der Waals surface area contributed by atoms with Crippen LogP contribution in [0, 0.1) is 5.41 Å². The van der Waals surface area contributed by atoms with E-state index in [1.54, 1.807) is 30.5 Å². The molecule has 0 bridgehead atoms. The monoisotopic (exact) mass is 421 g/mol. The first kappa shape index (κ1) is 14.9. The summed E-state index contributed by atoms with van der Waals surface area (Å²) in [6.07, 6.45) is 2.86. The molecule has 1 aromatic carbocycles. The third-order valence-corrected chi connectivity index (χ3v) is 4.04. The lowest BCUT2D eigenvalue weighted by Gasteiger charge is -2.07. The first-order valence-corrected chi connectivity index (χ1v) is 7.82. The van der Waals surface area contributed by atoms with E-state index in [1.165, 1.54) is 6.26 Å². The Labute approximate surface area is 142 Å². The quantitative estimate of drug-likeness (QED) is 0.652. The van der Waals surface area contributed by atoms with Gasteiger partial charge in [-0.2, -0.15) is 0 Å². The van der Waals surface area contributed by atoms with Crippen molar-refractivity contribution in [1.82, 2.24) is 4.98 Å². The molecular formula is C15H9Br2N3O2. The van der Waals surface area contributed by atoms with Gasteiger partial charge in [0.15, 0.2) is 0 Å². The van der Waals surface area contributed by atoms with Crippen LogP contribution in [-0.2, 0) is 0 Å². The smallest absolute Gasteiger partial charge is 0.262 e. The van der Waals surface area contributed by atoms with Gasteiger partial charge in [-0.05, 0) is 40.2 Å². The standard InChI is InChI=1S/C15H9Br2N3O2/c16-8-5-9-13(18)10(7-22-14(9)11(17)6-8)15(21)20-12-3-1-2-4-19-12/h1-7,18H,(H,19,20,21). The lowest BCUT2D eigenvalue weighted by molar-refractivity contribution is 0.102. The van der Waals surface area contributed by atoms with E-state index in [1.807, 2.05) is 6.07 Å². The van der Waals surface area contributed by atoms with Crippen molar-refractivity contribution < 1.29 is 9.21 Å². The maximum atomic E-state index is 12.3. The molecule has 0 spiro atoms. The van der Waals surface area contributed by atoms with Crippen molar-refractivity contribution in [3.05, 3.63) is 62.7 Å². The zero-order chi connectivity index (χ0) is 15.7. The molecule has 0 fully saturated rings. The Balaban J connectivity index is 2.06. The molecule has 5 nitrogen and oxygen atoms in total. The fourth-order valence-electron chi connectivity index (χ4n) is 1.98. The van der Waals surface area contributed by atoms with Crippen molar-refractivity contribution in [2.75, 3.05) is 5.32 Å². The van der Waals surface area contributed by atoms with Crippen LogP contribution in [0.3, 0.4) is 0 Å². The van der Waals surface area contributed by atoms with Gasteiger partial charge in [-0.15, -0.1) is 0 Å². The highest BCUT2D eigenvalue weighted by Crippen LogP contribution is 2.27. The number of anilines is 1. The lowest BCUT2D eigenvalue weighted by Crippen LogP contribution is -2.21. The molecule has 3 aromatic rings. The molecule has 7 heteroatoms. The predicted molar refractivity (Wildman–Crippen MR) is 89.7 cm³/mol. The zero-order valence-corrected chi connectivity index (χ0v) is 14.2. The molecule has 3 rings (SSSR count). The molecule has 0 saturated heterocycles. The van der Waals surface area contributed by atoms with Crippen molar-refractivity contribution >= 4 is 54.6 Å². The van der Waals surface area contributed by atoms with E-state index in [4.69, 9.17) is 9.83 Å². The average molecular weight is 423 g/mol. The second-order valence-corrected chi connectivity index (χ2v) is 6.23. The number of carbonyl (C=O) groups excluding carboxylic acids is 1. The number of pyridine rings is 1. The van der Waals surface area contributed by atoms with E-state index >= 15 is 0 Å². The Morgan fingerprint density at radius 3 is 2.82 bits per heavy atom. The van der Waals surface area contributed by atoms with Gasteiger partial charge in [0, 0.05) is 16.1 Å². The fraction of sp³-hybridized carbons (Fsp3) is 0. The highest BCUT2D eigenvalue weighted by molar-refractivity contribution is 9.11. The van der Waals surface area contributed by atoms with Crippen LogP contribution in [0.4, 0.5) is 5.82 Å². The van der Waals surface area contributed by atoms with Gasteiger partial charge in [0.25, 0.3) is 5.91 Å². The van der Waals surface area contributed by atoms with E-state index in [2.05, 4.69) is 42.2 Å². The molecule has 0 aliphatic heterocycles. The average Bonchev–Trinajstić information content (AvgIpc) is 2.49. The number of aromatic nitrogens is 1. The van der Waals surface area contributed by atoms with Gasteiger partial charge in [0.1, 0.15) is 23.2 Å².